The van der Waals surface area contributed by atoms with Crippen LogP contribution in [0, 0.1) is 6.92 Å². The Balaban J connectivity index is 1.54. The van der Waals surface area contributed by atoms with E-state index in [0.717, 1.165) is 16.2 Å². The highest BCUT2D eigenvalue weighted by molar-refractivity contribution is 7.99. The standard InChI is InChI=1S/C23H24N2O3S2/c1-18-10-12-21(13-11-18)29-15-14-24-23(26)20-8-5-9-22(16-20)30(27,28)25-17-19-6-3-2-4-7-19/h2-13,16,25H,14-15,17H2,1H3,(H,24,26). The first kappa shape index (κ1) is 22.1. The third-order valence-corrected chi connectivity index (χ3v) is 6.81. The van der Waals surface area contributed by atoms with Crippen molar-refractivity contribution >= 4 is 27.7 Å². The minimum Gasteiger partial charge on any atom is -0.351 e. The number of rotatable bonds is 9. The number of aryl methyl sites for hydroxylation is 1. The zero-order valence-electron chi connectivity index (χ0n) is 16.7. The number of hydrogen-bond acceptors (Lipinski definition) is 4. The number of carbonyl (C=O) groups excluding carboxylic acids is 1. The van der Waals surface area contributed by atoms with E-state index in [1.807, 2.05) is 37.3 Å². The Morgan fingerprint density at radius 1 is 0.933 bits per heavy atom. The molecular weight excluding hydrogens is 416 g/mol. The van der Waals surface area contributed by atoms with Crippen LogP contribution in [0.5, 0.6) is 0 Å². The van der Waals surface area contributed by atoms with Crippen LogP contribution in [0.1, 0.15) is 21.5 Å². The lowest BCUT2D eigenvalue weighted by Gasteiger charge is -2.09. The maximum absolute atomic E-state index is 12.6. The molecule has 1 amide bonds. The molecule has 0 bridgehead atoms. The molecule has 5 nitrogen and oxygen atoms in total. The smallest absolute Gasteiger partial charge is 0.251 e. The minimum atomic E-state index is -3.71. The number of thioether (sulfide) groups is 1. The van der Waals surface area contributed by atoms with Crippen LogP contribution in [0.15, 0.2) is 88.7 Å². The van der Waals surface area contributed by atoms with Gasteiger partial charge in [0.15, 0.2) is 0 Å². The highest BCUT2D eigenvalue weighted by Crippen LogP contribution is 2.17. The Kier molecular flexibility index (Phi) is 7.68. The van der Waals surface area contributed by atoms with Crippen molar-refractivity contribution in [1.29, 1.82) is 0 Å². The summed E-state index contributed by atoms with van der Waals surface area (Å²) in [5.41, 5.74) is 2.39. The van der Waals surface area contributed by atoms with Gasteiger partial charge in [-0.3, -0.25) is 4.79 Å². The molecule has 0 aromatic heterocycles. The van der Waals surface area contributed by atoms with Crippen LogP contribution in [0.2, 0.25) is 0 Å². The summed E-state index contributed by atoms with van der Waals surface area (Å²) in [6.07, 6.45) is 0. The van der Waals surface area contributed by atoms with E-state index in [-0.39, 0.29) is 17.3 Å². The van der Waals surface area contributed by atoms with Gasteiger partial charge in [-0.25, -0.2) is 13.1 Å². The van der Waals surface area contributed by atoms with Crippen LogP contribution in [-0.2, 0) is 16.6 Å². The molecule has 7 heteroatoms. The Labute approximate surface area is 182 Å². The van der Waals surface area contributed by atoms with Crippen LogP contribution in [0.4, 0.5) is 0 Å². The summed E-state index contributed by atoms with van der Waals surface area (Å²) >= 11 is 1.66. The van der Waals surface area contributed by atoms with Gasteiger partial charge in [0.1, 0.15) is 0 Å². The summed E-state index contributed by atoms with van der Waals surface area (Å²) in [6, 6.07) is 23.6. The van der Waals surface area contributed by atoms with Crippen molar-refractivity contribution in [3.8, 4) is 0 Å². The molecule has 0 aliphatic heterocycles. The molecule has 2 N–H and O–H groups in total. The van der Waals surface area contributed by atoms with E-state index in [4.69, 9.17) is 0 Å². The summed E-state index contributed by atoms with van der Waals surface area (Å²) in [6.45, 7) is 2.72. The Bertz CT molecular complexity index is 1080. The predicted octanol–water partition coefficient (Wildman–Crippen LogP) is 4.00. The van der Waals surface area contributed by atoms with Crippen molar-refractivity contribution in [2.45, 2.75) is 23.3 Å². The van der Waals surface area contributed by atoms with Crippen LogP contribution in [0.3, 0.4) is 0 Å². The van der Waals surface area contributed by atoms with Gasteiger partial charge < -0.3 is 5.32 Å². The van der Waals surface area contributed by atoms with Crippen LogP contribution in [0.25, 0.3) is 0 Å². The number of hydrogen-bond donors (Lipinski definition) is 2. The normalized spacial score (nSPS) is 11.2. The molecule has 0 heterocycles. The van der Waals surface area contributed by atoms with Gasteiger partial charge in [-0.05, 0) is 42.8 Å². The molecule has 0 fully saturated rings. The molecule has 0 aliphatic carbocycles. The first-order valence-corrected chi connectivity index (χ1v) is 12.0. The number of amides is 1. The van der Waals surface area contributed by atoms with Crippen LogP contribution in [-0.4, -0.2) is 26.6 Å². The molecule has 0 aliphatic rings. The summed E-state index contributed by atoms with van der Waals surface area (Å²) in [7, 11) is -3.71. The predicted molar refractivity (Wildman–Crippen MR) is 121 cm³/mol. The van der Waals surface area contributed by atoms with E-state index in [1.165, 1.54) is 17.7 Å². The first-order chi connectivity index (χ1) is 14.4. The van der Waals surface area contributed by atoms with Gasteiger partial charge in [0.25, 0.3) is 5.91 Å². The molecule has 3 aromatic rings. The van der Waals surface area contributed by atoms with Gasteiger partial charge >= 0.3 is 0 Å². The summed E-state index contributed by atoms with van der Waals surface area (Å²) in [4.78, 5) is 13.6. The van der Waals surface area contributed by atoms with Gasteiger partial charge in [-0.15, -0.1) is 11.8 Å². The second-order valence-corrected chi connectivity index (χ2v) is 9.69. The summed E-state index contributed by atoms with van der Waals surface area (Å²) < 4.78 is 27.7. The van der Waals surface area contributed by atoms with E-state index in [2.05, 4.69) is 34.3 Å². The molecule has 3 rings (SSSR count). The minimum absolute atomic E-state index is 0.0695. The molecule has 0 atom stereocenters. The summed E-state index contributed by atoms with van der Waals surface area (Å²) in [5, 5.41) is 2.84. The largest absolute Gasteiger partial charge is 0.351 e. The number of nitrogens with one attached hydrogen (secondary N) is 2. The van der Waals surface area contributed by atoms with Gasteiger partial charge in [0.2, 0.25) is 10.0 Å². The van der Waals surface area contributed by atoms with Crippen molar-refractivity contribution in [3.05, 3.63) is 95.6 Å². The van der Waals surface area contributed by atoms with Gasteiger partial charge in [-0.2, -0.15) is 0 Å². The molecule has 0 saturated heterocycles. The lowest BCUT2D eigenvalue weighted by molar-refractivity contribution is 0.0956. The quantitative estimate of drug-likeness (QED) is 0.390. The highest BCUT2D eigenvalue weighted by Gasteiger charge is 2.16. The fourth-order valence-corrected chi connectivity index (χ4v) is 4.56. The molecule has 0 spiro atoms. The second-order valence-electron chi connectivity index (χ2n) is 6.76. The van der Waals surface area contributed by atoms with E-state index in [1.54, 1.807) is 23.9 Å². The topological polar surface area (TPSA) is 75.3 Å². The Morgan fingerprint density at radius 3 is 2.40 bits per heavy atom. The first-order valence-electron chi connectivity index (χ1n) is 9.55. The molecule has 0 radical (unpaired) electrons. The van der Waals surface area contributed by atoms with E-state index in [9.17, 15) is 13.2 Å². The van der Waals surface area contributed by atoms with E-state index in [0.29, 0.717) is 12.1 Å². The average molecular weight is 441 g/mol. The SMILES string of the molecule is Cc1ccc(SCCNC(=O)c2cccc(S(=O)(=O)NCc3ccccc3)c2)cc1. The zero-order valence-corrected chi connectivity index (χ0v) is 18.3. The fourth-order valence-electron chi connectivity index (χ4n) is 2.73. The number of benzene rings is 3. The molecule has 30 heavy (non-hydrogen) atoms. The Morgan fingerprint density at radius 2 is 1.67 bits per heavy atom. The van der Waals surface area contributed by atoms with Crippen molar-refractivity contribution in [3.63, 3.8) is 0 Å². The monoisotopic (exact) mass is 440 g/mol. The highest BCUT2D eigenvalue weighted by atomic mass is 32.2. The summed E-state index contributed by atoms with van der Waals surface area (Å²) in [5.74, 6) is 0.436. The van der Waals surface area contributed by atoms with Crippen molar-refractivity contribution < 1.29 is 13.2 Å². The fraction of sp³-hybridized carbons (Fsp3) is 0.174. The maximum atomic E-state index is 12.6. The molecule has 0 saturated carbocycles. The van der Waals surface area contributed by atoms with E-state index < -0.39 is 10.0 Å². The number of carbonyl (C=O) groups is 1. The second kappa shape index (κ2) is 10.4. The zero-order chi connectivity index (χ0) is 21.4. The van der Waals surface area contributed by atoms with Crippen LogP contribution >= 0.6 is 11.8 Å². The van der Waals surface area contributed by atoms with Gasteiger partial charge in [-0.1, -0.05) is 54.1 Å². The average Bonchev–Trinajstić information content (AvgIpc) is 2.77. The van der Waals surface area contributed by atoms with Crippen molar-refractivity contribution in [2.24, 2.45) is 0 Å². The van der Waals surface area contributed by atoms with Crippen LogP contribution < -0.4 is 10.0 Å². The molecular formula is C23H24N2O3S2. The maximum Gasteiger partial charge on any atom is 0.251 e. The lowest BCUT2D eigenvalue weighted by Crippen LogP contribution is -2.27. The molecule has 0 unspecified atom stereocenters. The number of sulfonamides is 1. The third kappa shape index (κ3) is 6.45. The van der Waals surface area contributed by atoms with Gasteiger partial charge in [0.05, 0.1) is 4.90 Å². The lowest BCUT2D eigenvalue weighted by atomic mass is 10.2. The third-order valence-electron chi connectivity index (χ3n) is 4.39. The Hall–Kier alpha value is -2.61. The van der Waals surface area contributed by atoms with Gasteiger partial charge in [0, 0.05) is 29.3 Å². The van der Waals surface area contributed by atoms with Crippen molar-refractivity contribution in [2.75, 3.05) is 12.3 Å². The molecule has 3 aromatic carbocycles. The molecule has 156 valence electrons. The van der Waals surface area contributed by atoms with E-state index >= 15 is 0 Å². The van der Waals surface area contributed by atoms with Crippen molar-refractivity contribution in [1.82, 2.24) is 10.0 Å².